The Balaban J connectivity index is 2.87. The molecule has 0 radical (unpaired) electrons. The molecule has 1 rings (SSSR count). The predicted octanol–water partition coefficient (Wildman–Crippen LogP) is -1.58. The zero-order valence-electron chi connectivity index (χ0n) is 15.0. The summed E-state index contributed by atoms with van der Waals surface area (Å²) in [5.74, 6) is -4.75. The van der Waals surface area contributed by atoms with E-state index in [2.05, 4.69) is 16.4 Å². The third kappa shape index (κ3) is 6.27. The highest BCUT2D eigenvalue weighted by Gasteiger charge is 2.46. The van der Waals surface area contributed by atoms with Crippen LogP contribution in [0, 0.1) is 0 Å². The van der Waals surface area contributed by atoms with E-state index in [1.54, 1.807) is 0 Å². The van der Waals surface area contributed by atoms with Crippen LogP contribution in [-0.2, 0) is 24.0 Å². The number of likely N-dealkylation sites (tertiary alicyclic amines) is 1. The van der Waals surface area contributed by atoms with Gasteiger partial charge in [0.2, 0.25) is 23.4 Å². The number of aliphatic carboxylic acids is 2. The van der Waals surface area contributed by atoms with Gasteiger partial charge in [-0.3, -0.25) is 24.1 Å². The number of nitrogens with two attached hydrogens (primary N) is 1. The van der Waals surface area contributed by atoms with Crippen molar-refractivity contribution in [1.29, 1.82) is 0 Å². The lowest BCUT2D eigenvalue weighted by Gasteiger charge is -2.38. The molecule has 0 saturated carbocycles. The first kappa shape index (κ1) is 22.5. The molecule has 0 aromatic heterocycles. The maximum absolute atomic E-state index is 12.3. The summed E-state index contributed by atoms with van der Waals surface area (Å²) in [6.45, 7) is 1.12. The Morgan fingerprint density at radius 1 is 1.15 bits per heavy atom. The zero-order valence-corrected chi connectivity index (χ0v) is 15.0. The lowest BCUT2D eigenvalue weighted by atomic mass is 10.0. The number of hydrogen-bond donors (Lipinski definition) is 6. The molecule has 1 saturated heterocycles. The van der Waals surface area contributed by atoms with Gasteiger partial charge in [0.1, 0.15) is 6.04 Å². The molecule has 7 N–H and O–H groups in total. The Labute approximate surface area is 155 Å². The molecule has 0 aromatic rings. The molecule has 0 unspecified atom stereocenters. The maximum atomic E-state index is 12.3. The van der Waals surface area contributed by atoms with E-state index in [-0.39, 0.29) is 25.7 Å². The van der Waals surface area contributed by atoms with Gasteiger partial charge >= 0.3 is 11.9 Å². The van der Waals surface area contributed by atoms with Crippen molar-refractivity contribution in [1.82, 2.24) is 21.3 Å². The van der Waals surface area contributed by atoms with E-state index in [4.69, 9.17) is 10.8 Å². The van der Waals surface area contributed by atoms with Gasteiger partial charge in [0.25, 0.3) is 0 Å². The van der Waals surface area contributed by atoms with Crippen LogP contribution in [0.15, 0.2) is 0 Å². The lowest BCUT2D eigenvalue weighted by molar-refractivity contribution is -0.170. The first-order valence-electron chi connectivity index (χ1n) is 8.47. The summed E-state index contributed by atoms with van der Waals surface area (Å²) in [6, 6.07) is -1.12. The number of carboxylic acid groups (broad SMARTS) is 2. The molecule has 1 fully saturated rings. The summed E-state index contributed by atoms with van der Waals surface area (Å²) in [5, 5.41) is 18.3. The molecule has 12 heteroatoms. The van der Waals surface area contributed by atoms with Gasteiger partial charge in [-0.1, -0.05) is 6.42 Å². The molecule has 12 nitrogen and oxygen atoms in total. The monoisotopic (exact) mass is 387 g/mol. The highest BCUT2D eigenvalue weighted by atomic mass is 16.4. The lowest BCUT2D eigenvalue weighted by Crippen LogP contribution is -2.71. The number of primary amides is 1. The highest BCUT2D eigenvalue weighted by Crippen LogP contribution is 2.20. The van der Waals surface area contributed by atoms with Gasteiger partial charge in [-0.2, -0.15) is 5.53 Å². The van der Waals surface area contributed by atoms with Crippen molar-refractivity contribution in [2.24, 2.45) is 5.73 Å². The van der Waals surface area contributed by atoms with E-state index in [1.165, 1.54) is 0 Å². The van der Waals surface area contributed by atoms with E-state index in [1.807, 2.05) is 0 Å². The number of nitrogens with zero attached hydrogens (tertiary/aromatic N) is 1. The number of amides is 3. The minimum absolute atomic E-state index is 0.0340. The molecule has 3 amide bonds. The van der Waals surface area contributed by atoms with Gasteiger partial charge < -0.3 is 15.9 Å². The summed E-state index contributed by atoms with van der Waals surface area (Å²) in [4.78, 5) is 59.1. The largest absolute Gasteiger partial charge is 0.481 e. The summed E-state index contributed by atoms with van der Waals surface area (Å²) < 4.78 is 0. The second-order valence-electron chi connectivity index (χ2n) is 6.34. The number of hydrogen-bond acceptors (Lipinski definition) is 8. The van der Waals surface area contributed by atoms with Gasteiger partial charge in [0.15, 0.2) is 0 Å². The molecule has 2 atom stereocenters. The van der Waals surface area contributed by atoms with Crippen molar-refractivity contribution >= 4 is 29.7 Å². The van der Waals surface area contributed by atoms with Crippen molar-refractivity contribution in [3.05, 3.63) is 0 Å². The van der Waals surface area contributed by atoms with Crippen molar-refractivity contribution < 1.29 is 34.2 Å². The molecule has 0 bridgehead atoms. The number of carboxylic acids is 2. The van der Waals surface area contributed by atoms with Crippen LogP contribution >= 0.6 is 0 Å². The molecule has 1 aliphatic rings. The fourth-order valence-corrected chi connectivity index (χ4v) is 2.59. The molecule has 152 valence electrons. The normalized spacial score (nSPS) is 18.9. The molecule has 1 aliphatic heterocycles. The van der Waals surface area contributed by atoms with Crippen LogP contribution in [0.1, 0.15) is 51.9 Å². The molecule has 0 aromatic carbocycles. The Morgan fingerprint density at radius 2 is 1.70 bits per heavy atom. The standard InChI is InChI=1S/C15H25N5O7/c1-15(14(26)27,20-10(21)5-3-2-4-6-11(20)22)18-19-17-9(13(16)25)7-8-12(23)24/h9,17-19H,2-8H2,1H3,(H2,16,25)(H,23,24)(H,26,27)/t9-,15+/m1/s1. The second-order valence-corrected chi connectivity index (χ2v) is 6.34. The minimum atomic E-state index is -2.13. The molecular weight excluding hydrogens is 362 g/mol. The van der Waals surface area contributed by atoms with Crippen LogP contribution in [0.3, 0.4) is 0 Å². The van der Waals surface area contributed by atoms with Crippen molar-refractivity contribution in [2.75, 3.05) is 0 Å². The molecule has 0 aliphatic carbocycles. The highest BCUT2D eigenvalue weighted by molar-refractivity contribution is 6.00. The van der Waals surface area contributed by atoms with E-state index >= 15 is 0 Å². The average Bonchev–Trinajstić information content (AvgIpc) is 2.55. The van der Waals surface area contributed by atoms with Crippen LogP contribution in [0.5, 0.6) is 0 Å². The van der Waals surface area contributed by atoms with Crippen molar-refractivity contribution in [3.8, 4) is 0 Å². The topological polar surface area (TPSA) is 191 Å². The molecule has 1 heterocycles. The van der Waals surface area contributed by atoms with Crippen LogP contribution in [0.4, 0.5) is 0 Å². The summed E-state index contributed by atoms with van der Waals surface area (Å²) >= 11 is 0. The number of carbonyl (C=O) groups is 5. The van der Waals surface area contributed by atoms with Gasteiger partial charge in [-0.25, -0.2) is 15.6 Å². The fourth-order valence-electron chi connectivity index (χ4n) is 2.59. The van der Waals surface area contributed by atoms with Crippen molar-refractivity contribution in [2.45, 2.75) is 63.6 Å². The van der Waals surface area contributed by atoms with Crippen molar-refractivity contribution in [3.63, 3.8) is 0 Å². The van der Waals surface area contributed by atoms with Crippen LogP contribution in [-0.4, -0.2) is 56.5 Å². The second kappa shape index (κ2) is 9.94. The van der Waals surface area contributed by atoms with Crippen LogP contribution in [0.2, 0.25) is 0 Å². The number of rotatable bonds is 10. The summed E-state index contributed by atoms with van der Waals surface area (Å²) in [5.41, 5.74) is 9.98. The predicted molar refractivity (Wildman–Crippen MR) is 90.2 cm³/mol. The Kier molecular flexibility index (Phi) is 8.28. The van der Waals surface area contributed by atoms with Gasteiger partial charge in [-0.15, -0.1) is 0 Å². The Morgan fingerprint density at radius 3 is 2.15 bits per heavy atom. The summed E-state index contributed by atoms with van der Waals surface area (Å²) in [6.07, 6.45) is 1.36. The molecular formula is C15H25N5O7. The number of hydrazine groups is 2. The average molecular weight is 387 g/mol. The van der Waals surface area contributed by atoms with E-state index < -0.39 is 41.4 Å². The fraction of sp³-hybridized carbons (Fsp3) is 0.667. The quantitative estimate of drug-likeness (QED) is 0.188. The van der Waals surface area contributed by atoms with Gasteiger partial charge in [0.05, 0.1) is 0 Å². The first-order chi connectivity index (χ1) is 12.6. The molecule has 0 spiro atoms. The van der Waals surface area contributed by atoms with E-state index in [9.17, 15) is 29.1 Å². The molecule has 27 heavy (non-hydrogen) atoms. The first-order valence-corrected chi connectivity index (χ1v) is 8.47. The Hall–Kier alpha value is -2.57. The maximum Gasteiger partial charge on any atom is 0.346 e. The minimum Gasteiger partial charge on any atom is -0.481 e. The number of imide groups is 1. The summed E-state index contributed by atoms with van der Waals surface area (Å²) in [7, 11) is 0. The Bertz CT molecular complexity index is 593. The number of nitrogens with one attached hydrogen (secondary N) is 3. The zero-order chi connectivity index (χ0) is 20.6. The third-order valence-electron chi connectivity index (χ3n) is 4.19. The van der Waals surface area contributed by atoms with Crippen LogP contribution in [0.25, 0.3) is 0 Å². The van der Waals surface area contributed by atoms with E-state index in [0.717, 1.165) is 6.92 Å². The smallest absolute Gasteiger partial charge is 0.346 e. The van der Waals surface area contributed by atoms with Gasteiger partial charge in [0, 0.05) is 19.3 Å². The van der Waals surface area contributed by atoms with Gasteiger partial charge in [-0.05, 0) is 26.2 Å². The SMILES string of the molecule is C[C@@](NNN[C@H](CCC(=O)O)C(N)=O)(C(=O)O)N1C(=O)CCCCCC1=O. The third-order valence-corrected chi connectivity index (χ3v) is 4.19. The van der Waals surface area contributed by atoms with E-state index in [0.29, 0.717) is 24.2 Å². The number of carbonyl (C=O) groups excluding carboxylic acids is 3. The van der Waals surface area contributed by atoms with Crippen LogP contribution < -0.4 is 22.1 Å².